The summed E-state index contributed by atoms with van der Waals surface area (Å²) in [6.45, 7) is 5.72. The van der Waals surface area contributed by atoms with Gasteiger partial charge in [-0.3, -0.25) is 9.78 Å². The number of nitrogens with zero attached hydrogens (tertiary/aromatic N) is 3. The summed E-state index contributed by atoms with van der Waals surface area (Å²) in [5.41, 5.74) is 0.694. The second-order valence-electron chi connectivity index (χ2n) is 10.9. The summed E-state index contributed by atoms with van der Waals surface area (Å²) in [5.74, 6) is 0.317. The van der Waals surface area contributed by atoms with E-state index in [2.05, 4.69) is 27.1 Å². The summed E-state index contributed by atoms with van der Waals surface area (Å²) >= 11 is 0. The van der Waals surface area contributed by atoms with Gasteiger partial charge in [-0.2, -0.15) is 0 Å². The third-order valence-corrected chi connectivity index (χ3v) is 9.09. The smallest absolute Gasteiger partial charge is 0.249 e. The van der Waals surface area contributed by atoms with E-state index in [9.17, 15) is 13.2 Å². The van der Waals surface area contributed by atoms with Crippen molar-refractivity contribution in [3.63, 3.8) is 0 Å². The molecule has 0 aliphatic carbocycles. The number of sulfone groups is 1. The van der Waals surface area contributed by atoms with Crippen LogP contribution in [0.4, 0.5) is 10.1 Å². The number of fused-ring (bicyclic) bond motifs is 1. The van der Waals surface area contributed by atoms with Crippen molar-refractivity contribution in [3.8, 4) is 28.7 Å². The molecule has 1 amide bonds. The minimum absolute atomic E-state index is 0.00313. The summed E-state index contributed by atoms with van der Waals surface area (Å²) in [4.78, 5) is 21.6. The van der Waals surface area contributed by atoms with Crippen molar-refractivity contribution < 1.29 is 36.6 Å². The lowest BCUT2D eigenvalue weighted by Crippen LogP contribution is -2.44. The first kappa shape index (κ1) is 33.6. The molecule has 3 aromatic carbocycles. The Kier molecular flexibility index (Phi) is 10.9. The van der Waals surface area contributed by atoms with Crippen LogP contribution in [0.2, 0.25) is 0 Å². The van der Waals surface area contributed by atoms with Gasteiger partial charge < -0.3 is 34.1 Å². The highest BCUT2D eigenvalue weighted by Gasteiger charge is 2.16. The van der Waals surface area contributed by atoms with Crippen LogP contribution in [0.25, 0.3) is 10.9 Å². The average Bonchev–Trinajstić information content (AvgIpc) is 3.07. The number of aromatic nitrogens is 1. The van der Waals surface area contributed by atoms with Gasteiger partial charge in [0, 0.05) is 73.6 Å². The second-order valence-corrected chi connectivity index (χ2v) is 12.8. The Balaban J connectivity index is 1.22. The van der Waals surface area contributed by atoms with E-state index >= 15 is 4.39 Å². The first-order chi connectivity index (χ1) is 22.6. The molecule has 47 heavy (non-hydrogen) atoms. The molecule has 0 unspecified atom stereocenters. The van der Waals surface area contributed by atoms with Gasteiger partial charge in [0.1, 0.15) is 11.5 Å². The molecule has 1 N–H and O–H groups in total. The summed E-state index contributed by atoms with van der Waals surface area (Å²) < 4.78 is 62.8. The third-order valence-electron chi connectivity index (χ3n) is 7.66. The molecule has 0 bridgehead atoms. The first-order valence-electron chi connectivity index (χ1n) is 15.0. The molecule has 5 rings (SSSR count). The molecule has 0 atom stereocenters. The van der Waals surface area contributed by atoms with E-state index < -0.39 is 21.6 Å². The summed E-state index contributed by atoms with van der Waals surface area (Å²) in [5, 5.41) is 3.83. The predicted octanol–water partition coefficient (Wildman–Crippen LogP) is 5.13. The summed E-state index contributed by atoms with van der Waals surface area (Å²) in [7, 11) is 1.28. The predicted molar refractivity (Wildman–Crippen MR) is 177 cm³/mol. The average molecular weight is 665 g/mol. The number of piperazine rings is 1. The molecule has 248 valence electrons. The number of benzene rings is 3. The van der Waals surface area contributed by atoms with E-state index in [4.69, 9.17) is 18.9 Å². The fourth-order valence-corrected chi connectivity index (χ4v) is 5.97. The van der Waals surface area contributed by atoms with Crippen LogP contribution in [-0.2, 0) is 14.6 Å². The van der Waals surface area contributed by atoms with E-state index in [1.54, 1.807) is 31.5 Å². The zero-order valence-corrected chi connectivity index (χ0v) is 27.3. The topological polar surface area (TPSA) is 120 Å². The molecule has 2 heterocycles. The molecule has 1 aliphatic rings. The van der Waals surface area contributed by atoms with Gasteiger partial charge in [0.2, 0.25) is 5.91 Å². The summed E-state index contributed by atoms with van der Waals surface area (Å²) in [6.07, 6.45) is 3.29. The largest absolute Gasteiger partial charge is 0.497 e. The Morgan fingerprint density at radius 1 is 0.936 bits per heavy atom. The van der Waals surface area contributed by atoms with Gasteiger partial charge in [-0.15, -0.1) is 0 Å². The van der Waals surface area contributed by atoms with Crippen molar-refractivity contribution in [1.29, 1.82) is 0 Å². The number of hydrogen-bond acceptors (Lipinski definition) is 10. The van der Waals surface area contributed by atoms with Crippen molar-refractivity contribution in [1.82, 2.24) is 14.8 Å². The quantitative estimate of drug-likeness (QED) is 0.152. The molecule has 0 saturated carbocycles. The molecule has 0 spiro atoms. The Morgan fingerprint density at radius 3 is 2.40 bits per heavy atom. The number of anilines is 1. The fourth-order valence-electron chi connectivity index (χ4n) is 4.99. The Hall–Kier alpha value is -4.72. The number of nitrogens with one attached hydrogen (secondary N) is 1. The van der Waals surface area contributed by atoms with Crippen LogP contribution in [0.1, 0.15) is 6.42 Å². The zero-order chi connectivity index (χ0) is 33.4. The van der Waals surface area contributed by atoms with E-state index in [0.717, 1.165) is 56.7 Å². The molecular weight excluding hydrogens is 627 g/mol. The molecule has 4 aromatic rings. The van der Waals surface area contributed by atoms with Crippen molar-refractivity contribution in [2.24, 2.45) is 0 Å². The molecule has 1 saturated heterocycles. The molecule has 1 aromatic heterocycles. The van der Waals surface area contributed by atoms with Crippen LogP contribution >= 0.6 is 0 Å². The Bertz CT molecular complexity index is 1840. The highest BCUT2D eigenvalue weighted by molar-refractivity contribution is 7.94. The van der Waals surface area contributed by atoms with Gasteiger partial charge in [0.05, 0.1) is 31.2 Å². The van der Waals surface area contributed by atoms with Gasteiger partial charge >= 0.3 is 0 Å². The highest BCUT2D eigenvalue weighted by Crippen LogP contribution is 2.38. The highest BCUT2D eigenvalue weighted by atomic mass is 32.2. The van der Waals surface area contributed by atoms with Crippen LogP contribution in [-0.4, -0.2) is 89.7 Å². The minimum atomic E-state index is -3.88. The zero-order valence-electron chi connectivity index (χ0n) is 26.4. The van der Waals surface area contributed by atoms with Gasteiger partial charge in [0.25, 0.3) is 0 Å². The maximum absolute atomic E-state index is 15.1. The van der Waals surface area contributed by atoms with E-state index in [1.807, 2.05) is 0 Å². The number of pyridine rings is 1. The van der Waals surface area contributed by atoms with Crippen LogP contribution in [0, 0.1) is 5.82 Å². The number of methoxy groups -OCH3 is 2. The fraction of sp³-hybridized carbons (Fsp3) is 0.294. The molecule has 0 radical (unpaired) electrons. The standard InChI is InChI=1S/C34H37FN4O7S/c1-38-15-17-39(18-16-38)14-4-19-45-33-23-29-27(22-32(33)44-3)30(11-13-36-29)46-31-10-5-24(21-28(31)35)37-34(40)12-20-47(41,42)26-8-6-25(43-2)7-9-26/h5-13,20-23H,4,14-19H2,1-3H3,(H,37,40)/b20-12+. The third kappa shape index (κ3) is 8.76. The Labute approximate surface area is 273 Å². The van der Waals surface area contributed by atoms with Gasteiger partial charge in [-0.25, -0.2) is 12.8 Å². The van der Waals surface area contributed by atoms with Gasteiger partial charge in [0.15, 0.2) is 32.9 Å². The van der Waals surface area contributed by atoms with E-state index in [-0.39, 0.29) is 16.3 Å². The second kappa shape index (κ2) is 15.2. The van der Waals surface area contributed by atoms with Crippen LogP contribution in [0.5, 0.6) is 28.7 Å². The monoisotopic (exact) mass is 664 g/mol. The lowest BCUT2D eigenvalue weighted by atomic mass is 10.1. The molecule has 1 aliphatic heterocycles. The van der Waals surface area contributed by atoms with Crippen molar-refractivity contribution in [2.75, 3.05) is 65.9 Å². The van der Waals surface area contributed by atoms with E-state index in [0.29, 0.717) is 40.5 Å². The molecular formula is C34H37FN4O7S. The van der Waals surface area contributed by atoms with Crippen LogP contribution in [0.15, 0.2) is 83.2 Å². The number of amides is 1. The number of carbonyl (C=O) groups is 1. The van der Waals surface area contributed by atoms with Crippen LogP contribution in [0.3, 0.4) is 0 Å². The first-order valence-corrected chi connectivity index (χ1v) is 16.6. The molecule has 1 fully saturated rings. The normalized spacial score (nSPS) is 14.3. The van der Waals surface area contributed by atoms with E-state index in [1.165, 1.54) is 43.5 Å². The Morgan fingerprint density at radius 2 is 1.70 bits per heavy atom. The number of carbonyl (C=O) groups excluding carboxylic acids is 1. The number of likely N-dealkylation sites (N-methyl/N-ethyl adjacent to an activating group) is 1. The summed E-state index contributed by atoms with van der Waals surface area (Å²) in [6, 6.07) is 14.8. The van der Waals surface area contributed by atoms with Crippen molar-refractivity contribution in [3.05, 3.63) is 84.2 Å². The van der Waals surface area contributed by atoms with Crippen LogP contribution < -0.4 is 24.3 Å². The molecule has 13 heteroatoms. The number of ether oxygens (including phenoxy) is 4. The number of rotatable bonds is 13. The maximum Gasteiger partial charge on any atom is 0.249 e. The number of halogens is 1. The van der Waals surface area contributed by atoms with Gasteiger partial charge in [-0.05, 0) is 62.0 Å². The van der Waals surface area contributed by atoms with Gasteiger partial charge in [-0.1, -0.05) is 0 Å². The van der Waals surface area contributed by atoms with Crippen molar-refractivity contribution in [2.45, 2.75) is 11.3 Å². The minimum Gasteiger partial charge on any atom is -0.497 e. The lowest BCUT2D eigenvalue weighted by Gasteiger charge is -2.32. The molecule has 11 nitrogen and oxygen atoms in total. The SMILES string of the molecule is COc1ccc(S(=O)(=O)/C=C/C(=O)Nc2ccc(Oc3ccnc4cc(OCCCN5CCN(C)CC5)c(OC)cc34)c(F)c2)cc1. The van der Waals surface area contributed by atoms with Crippen molar-refractivity contribution >= 4 is 32.3 Å². The lowest BCUT2D eigenvalue weighted by molar-refractivity contribution is -0.111. The maximum atomic E-state index is 15.1. The number of hydrogen-bond donors (Lipinski definition) is 1.